The lowest BCUT2D eigenvalue weighted by Crippen LogP contribution is -2.47. The third-order valence-corrected chi connectivity index (χ3v) is 4.56. The largest absolute Gasteiger partial charge is 0.374 e. The Morgan fingerprint density at radius 3 is 2.96 bits per heavy atom. The molecular weight excluding hydrogens is 288 g/mol. The van der Waals surface area contributed by atoms with E-state index in [4.69, 9.17) is 4.74 Å². The summed E-state index contributed by atoms with van der Waals surface area (Å²) in [7, 11) is 0. The molecule has 1 aromatic carbocycles. The van der Waals surface area contributed by atoms with Gasteiger partial charge in [-0.25, -0.2) is 0 Å². The normalized spacial score (nSPS) is 24.7. The molecule has 1 aliphatic carbocycles. The molecule has 1 heterocycles. The summed E-state index contributed by atoms with van der Waals surface area (Å²) in [6, 6.07) is 10.5. The zero-order chi connectivity index (χ0) is 15.9. The van der Waals surface area contributed by atoms with Crippen molar-refractivity contribution in [2.45, 2.75) is 31.9 Å². The quantitative estimate of drug-likeness (QED) is 0.820. The molecule has 1 fully saturated rings. The molecule has 1 aromatic rings. The summed E-state index contributed by atoms with van der Waals surface area (Å²) in [5.41, 5.74) is 1.32. The first-order valence-electron chi connectivity index (χ1n) is 8.61. The number of benzene rings is 1. The van der Waals surface area contributed by atoms with Crippen LogP contribution in [0, 0.1) is 5.92 Å². The molecule has 0 bridgehead atoms. The van der Waals surface area contributed by atoms with Crippen molar-refractivity contribution >= 4 is 5.91 Å². The van der Waals surface area contributed by atoms with Gasteiger partial charge in [0.2, 0.25) is 5.91 Å². The summed E-state index contributed by atoms with van der Waals surface area (Å²) in [4.78, 5) is 14.4. The maximum atomic E-state index is 12.0. The molecule has 23 heavy (non-hydrogen) atoms. The van der Waals surface area contributed by atoms with Crippen LogP contribution in [-0.2, 0) is 16.1 Å². The molecule has 3 rings (SSSR count). The van der Waals surface area contributed by atoms with Crippen LogP contribution in [0.2, 0.25) is 0 Å². The van der Waals surface area contributed by atoms with Crippen molar-refractivity contribution < 1.29 is 9.53 Å². The molecular formula is C19H26N2O2. The van der Waals surface area contributed by atoms with E-state index in [1.54, 1.807) is 0 Å². The van der Waals surface area contributed by atoms with E-state index in [9.17, 15) is 4.79 Å². The number of hydrogen-bond acceptors (Lipinski definition) is 3. The Morgan fingerprint density at radius 1 is 1.30 bits per heavy atom. The van der Waals surface area contributed by atoms with E-state index in [0.717, 1.165) is 39.1 Å². The SMILES string of the molecule is O=C(C[C@H]1C=CCC1)NC[C@H]1CN(Cc2ccccc2)CCO1. The predicted octanol–water partition coefficient (Wildman–Crippen LogP) is 2.36. The number of ether oxygens (including phenoxy) is 1. The summed E-state index contributed by atoms with van der Waals surface area (Å²) < 4.78 is 5.80. The van der Waals surface area contributed by atoms with E-state index >= 15 is 0 Å². The second kappa shape index (κ2) is 8.27. The lowest BCUT2D eigenvalue weighted by atomic mass is 10.1. The van der Waals surface area contributed by atoms with Gasteiger partial charge < -0.3 is 10.1 Å². The fourth-order valence-corrected chi connectivity index (χ4v) is 3.29. The summed E-state index contributed by atoms with van der Waals surface area (Å²) in [6.45, 7) is 4.12. The Kier molecular flexibility index (Phi) is 5.83. The van der Waals surface area contributed by atoms with Crippen molar-refractivity contribution in [2.24, 2.45) is 5.92 Å². The Morgan fingerprint density at radius 2 is 2.17 bits per heavy atom. The Balaban J connectivity index is 1.39. The molecule has 0 unspecified atom stereocenters. The molecule has 0 aromatic heterocycles. The highest BCUT2D eigenvalue weighted by Gasteiger charge is 2.21. The van der Waals surface area contributed by atoms with E-state index in [0.29, 0.717) is 18.9 Å². The van der Waals surface area contributed by atoms with Gasteiger partial charge in [-0.3, -0.25) is 9.69 Å². The van der Waals surface area contributed by atoms with Crippen molar-refractivity contribution in [3.05, 3.63) is 48.0 Å². The molecule has 1 saturated heterocycles. The minimum absolute atomic E-state index is 0.0931. The van der Waals surface area contributed by atoms with Crippen molar-refractivity contribution in [1.82, 2.24) is 10.2 Å². The molecule has 2 aliphatic rings. The van der Waals surface area contributed by atoms with Crippen molar-refractivity contribution in [3.63, 3.8) is 0 Å². The number of carbonyl (C=O) groups excluding carboxylic acids is 1. The van der Waals surface area contributed by atoms with Crippen LogP contribution in [0.3, 0.4) is 0 Å². The molecule has 4 nitrogen and oxygen atoms in total. The molecule has 0 saturated carbocycles. The van der Waals surface area contributed by atoms with Crippen LogP contribution in [0.25, 0.3) is 0 Å². The molecule has 0 radical (unpaired) electrons. The Bertz CT molecular complexity index is 529. The molecule has 124 valence electrons. The summed E-state index contributed by atoms with van der Waals surface area (Å²) in [6.07, 6.45) is 7.26. The lowest BCUT2D eigenvalue weighted by molar-refractivity contribution is -0.123. The first-order chi connectivity index (χ1) is 11.3. The standard InChI is InChI=1S/C19H26N2O2/c22-19(12-16-6-4-5-7-16)20-13-18-15-21(10-11-23-18)14-17-8-2-1-3-9-17/h1-4,6,8-9,16,18H,5,7,10-15H2,(H,20,22)/t16-,18-/m0/s1. The monoisotopic (exact) mass is 314 g/mol. The first kappa shape index (κ1) is 16.2. The van der Waals surface area contributed by atoms with Gasteiger partial charge in [-0.05, 0) is 24.3 Å². The number of allylic oxidation sites excluding steroid dienone is 2. The fourth-order valence-electron chi connectivity index (χ4n) is 3.29. The fraction of sp³-hybridized carbons (Fsp3) is 0.526. The Labute approximate surface area is 138 Å². The van der Waals surface area contributed by atoms with Gasteiger partial charge in [0, 0.05) is 32.6 Å². The highest BCUT2D eigenvalue weighted by Crippen LogP contribution is 2.20. The van der Waals surface area contributed by atoms with E-state index in [-0.39, 0.29) is 12.0 Å². The van der Waals surface area contributed by atoms with Gasteiger partial charge in [0.05, 0.1) is 12.7 Å². The highest BCUT2D eigenvalue weighted by atomic mass is 16.5. The van der Waals surface area contributed by atoms with Gasteiger partial charge in [0.25, 0.3) is 0 Å². The molecule has 2 atom stereocenters. The van der Waals surface area contributed by atoms with Gasteiger partial charge in [0.15, 0.2) is 0 Å². The zero-order valence-corrected chi connectivity index (χ0v) is 13.6. The van der Waals surface area contributed by atoms with Gasteiger partial charge in [-0.2, -0.15) is 0 Å². The van der Waals surface area contributed by atoms with Crippen LogP contribution in [-0.4, -0.2) is 43.2 Å². The van der Waals surface area contributed by atoms with Crippen LogP contribution in [0.4, 0.5) is 0 Å². The second-order valence-electron chi connectivity index (χ2n) is 6.49. The predicted molar refractivity (Wildman–Crippen MR) is 90.9 cm³/mol. The average molecular weight is 314 g/mol. The lowest BCUT2D eigenvalue weighted by Gasteiger charge is -2.33. The van der Waals surface area contributed by atoms with Crippen molar-refractivity contribution in [1.29, 1.82) is 0 Å². The van der Waals surface area contributed by atoms with Gasteiger partial charge in [0.1, 0.15) is 0 Å². The van der Waals surface area contributed by atoms with E-state index < -0.39 is 0 Å². The highest BCUT2D eigenvalue weighted by molar-refractivity contribution is 5.76. The molecule has 4 heteroatoms. The first-order valence-corrected chi connectivity index (χ1v) is 8.61. The zero-order valence-electron chi connectivity index (χ0n) is 13.6. The number of amides is 1. The average Bonchev–Trinajstić information content (AvgIpc) is 3.07. The Hall–Kier alpha value is -1.65. The second-order valence-corrected chi connectivity index (χ2v) is 6.49. The number of nitrogens with zero attached hydrogens (tertiary/aromatic N) is 1. The molecule has 1 N–H and O–H groups in total. The minimum atomic E-state index is 0.0931. The smallest absolute Gasteiger partial charge is 0.220 e. The number of nitrogens with one attached hydrogen (secondary N) is 1. The van der Waals surface area contributed by atoms with Crippen LogP contribution >= 0.6 is 0 Å². The minimum Gasteiger partial charge on any atom is -0.374 e. The summed E-state index contributed by atoms with van der Waals surface area (Å²) in [5.74, 6) is 0.571. The number of hydrogen-bond donors (Lipinski definition) is 1. The van der Waals surface area contributed by atoms with Crippen LogP contribution < -0.4 is 5.32 Å². The number of rotatable bonds is 6. The topological polar surface area (TPSA) is 41.6 Å². The van der Waals surface area contributed by atoms with Gasteiger partial charge >= 0.3 is 0 Å². The van der Waals surface area contributed by atoms with Crippen LogP contribution in [0.5, 0.6) is 0 Å². The summed E-state index contributed by atoms with van der Waals surface area (Å²) >= 11 is 0. The molecule has 0 spiro atoms. The number of carbonyl (C=O) groups is 1. The maximum absolute atomic E-state index is 12.0. The van der Waals surface area contributed by atoms with Gasteiger partial charge in [-0.1, -0.05) is 42.5 Å². The maximum Gasteiger partial charge on any atom is 0.220 e. The number of morpholine rings is 1. The van der Waals surface area contributed by atoms with Gasteiger partial charge in [-0.15, -0.1) is 0 Å². The van der Waals surface area contributed by atoms with Crippen LogP contribution in [0.15, 0.2) is 42.5 Å². The van der Waals surface area contributed by atoms with Crippen molar-refractivity contribution in [3.8, 4) is 0 Å². The third-order valence-electron chi connectivity index (χ3n) is 4.56. The van der Waals surface area contributed by atoms with E-state index in [1.165, 1.54) is 5.56 Å². The molecule has 1 aliphatic heterocycles. The summed E-state index contributed by atoms with van der Waals surface area (Å²) in [5, 5.41) is 3.04. The van der Waals surface area contributed by atoms with Crippen LogP contribution in [0.1, 0.15) is 24.8 Å². The van der Waals surface area contributed by atoms with Crippen molar-refractivity contribution in [2.75, 3.05) is 26.2 Å². The molecule has 1 amide bonds. The van der Waals surface area contributed by atoms with E-state index in [1.807, 2.05) is 6.07 Å². The van der Waals surface area contributed by atoms with E-state index in [2.05, 4.69) is 46.6 Å². The third kappa shape index (κ3) is 5.19.